The Morgan fingerprint density at radius 3 is 2.81 bits per heavy atom. The van der Waals surface area contributed by atoms with Crippen LogP contribution < -0.4 is 5.73 Å². The number of nitrogens with zero attached hydrogens (tertiary/aromatic N) is 2. The predicted molar refractivity (Wildman–Crippen MR) is 76.2 cm³/mol. The Balaban J connectivity index is 2.23. The summed E-state index contributed by atoms with van der Waals surface area (Å²) >= 11 is 0. The molecule has 8 nitrogen and oxygen atoms in total. The van der Waals surface area contributed by atoms with E-state index in [1.807, 2.05) is 0 Å². The predicted octanol–water partition coefficient (Wildman–Crippen LogP) is 1.32. The summed E-state index contributed by atoms with van der Waals surface area (Å²) in [6, 6.07) is 0. The average molecular weight is 319 g/mol. The van der Waals surface area contributed by atoms with Gasteiger partial charge in [-0.25, -0.2) is 4.99 Å². The molecule has 0 radical (unpaired) electrons. The van der Waals surface area contributed by atoms with Gasteiger partial charge in [-0.05, 0) is 32.1 Å². The monoisotopic (exact) mass is 319 g/mol. The molecule has 9 heteroatoms. The highest BCUT2D eigenvalue weighted by Gasteiger charge is 2.34. The Kier molecular flexibility index (Phi) is 5.20. The van der Waals surface area contributed by atoms with Gasteiger partial charge >= 0.3 is 10.4 Å². The van der Waals surface area contributed by atoms with Crippen molar-refractivity contribution < 1.29 is 22.0 Å². The van der Waals surface area contributed by atoms with Crippen molar-refractivity contribution in [3.63, 3.8) is 0 Å². The van der Waals surface area contributed by atoms with Gasteiger partial charge < -0.3 is 4.74 Å². The molecule has 0 aromatic carbocycles. The Hall–Kier alpha value is -1.16. The molecule has 1 unspecified atom stereocenters. The maximum Gasteiger partial charge on any atom is 0.418 e. The van der Waals surface area contributed by atoms with Gasteiger partial charge in [0.25, 0.3) is 0 Å². The number of aliphatic imine (C=N–C) groups is 1. The molecule has 2 rings (SSSR count). The van der Waals surface area contributed by atoms with E-state index in [2.05, 4.69) is 16.2 Å². The fourth-order valence-electron chi connectivity index (χ4n) is 2.40. The average Bonchev–Trinajstić information content (AvgIpc) is 2.42. The first-order chi connectivity index (χ1) is 9.92. The summed E-state index contributed by atoms with van der Waals surface area (Å²) in [6.45, 7) is 2.60. The lowest BCUT2D eigenvalue weighted by Crippen LogP contribution is -2.46. The van der Waals surface area contributed by atoms with Crippen LogP contribution in [0.1, 0.15) is 45.4 Å². The molecule has 1 aliphatic carbocycles. The van der Waals surface area contributed by atoms with Crippen molar-refractivity contribution in [2.24, 2.45) is 10.7 Å². The van der Waals surface area contributed by atoms with E-state index in [1.54, 1.807) is 0 Å². The van der Waals surface area contributed by atoms with Crippen LogP contribution in [0.15, 0.2) is 16.3 Å². The fraction of sp³-hybridized carbons (Fsp3) is 0.750. The number of hydrogen-bond donors (Lipinski definition) is 2. The van der Waals surface area contributed by atoms with Crippen molar-refractivity contribution >= 4 is 16.3 Å². The first-order valence-corrected chi connectivity index (χ1v) is 8.43. The molecule has 0 aromatic rings. The van der Waals surface area contributed by atoms with Gasteiger partial charge in [-0.2, -0.15) is 13.5 Å². The molecule has 0 fully saturated rings. The van der Waals surface area contributed by atoms with Crippen LogP contribution in [0.4, 0.5) is 0 Å². The van der Waals surface area contributed by atoms with Crippen LogP contribution in [-0.2, 0) is 19.4 Å². The van der Waals surface area contributed by atoms with Gasteiger partial charge in [-0.3, -0.25) is 10.3 Å². The Morgan fingerprint density at radius 2 is 2.14 bits per heavy atom. The number of nitrogens with two attached hydrogens (primary N) is 1. The smallest absolute Gasteiger partial charge is 0.418 e. The lowest BCUT2D eigenvalue weighted by molar-refractivity contribution is -0.0681. The molecular formula is C12H21N3O5S. The number of hydrogen-bond acceptors (Lipinski definition) is 7. The van der Waals surface area contributed by atoms with Crippen LogP contribution in [0.5, 0.6) is 0 Å². The Morgan fingerprint density at radius 1 is 1.43 bits per heavy atom. The number of allylic oxidation sites excluding steroid dienone is 1. The standard InChI is InChI=1S/C12H21N3O5S/c1-2-3-8-19-11-9-6-4-5-7-10(9)15(12(13)14-11)20-21(16,17)18/h12H,2-8,13H2,1H3,(H,16,17,18). The lowest BCUT2D eigenvalue weighted by atomic mass is 9.95. The largest absolute Gasteiger partial charge is 0.478 e. The highest BCUT2D eigenvalue weighted by Crippen LogP contribution is 2.33. The Labute approximate surface area is 124 Å². The molecule has 0 amide bonds. The lowest BCUT2D eigenvalue weighted by Gasteiger charge is -2.35. The third kappa shape index (κ3) is 4.16. The third-order valence-corrected chi connectivity index (χ3v) is 3.71. The summed E-state index contributed by atoms with van der Waals surface area (Å²) in [5, 5.41) is 0.955. The molecule has 1 aliphatic heterocycles. The normalized spacial score (nSPS) is 22.9. The van der Waals surface area contributed by atoms with E-state index < -0.39 is 16.7 Å². The SMILES string of the molecule is CCCCOC1=NC(N)N(OS(=O)(=O)O)C2=C1CCCC2. The molecule has 0 saturated carbocycles. The molecule has 0 aromatic heterocycles. The minimum Gasteiger partial charge on any atom is -0.478 e. The second-order valence-corrected chi connectivity index (χ2v) is 6.01. The molecule has 1 heterocycles. The van der Waals surface area contributed by atoms with Crippen molar-refractivity contribution in [3.8, 4) is 0 Å². The van der Waals surface area contributed by atoms with Crippen molar-refractivity contribution in [1.29, 1.82) is 0 Å². The van der Waals surface area contributed by atoms with Crippen LogP contribution in [0.2, 0.25) is 0 Å². The highest BCUT2D eigenvalue weighted by molar-refractivity contribution is 7.80. The second-order valence-electron chi connectivity index (χ2n) is 5.01. The van der Waals surface area contributed by atoms with Crippen molar-refractivity contribution in [2.45, 2.75) is 51.7 Å². The van der Waals surface area contributed by atoms with Gasteiger partial charge in [0.2, 0.25) is 12.2 Å². The zero-order valence-corrected chi connectivity index (χ0v) is 12.8. The first-order valence-electron chi connectivity index (χ1n) is 7.07. The maximum atomic E-state index is 10.9. The summed E-state index contributed by atoms with van der Waals surface area (Å²) in [5.74, 6) is 0.459. The molecule has 0 spiro atoms. The Bertz CT molecular complexity index is 543. The topological polar surface area (TPSA) is 114 Å². The van der Waals surface area contributed by atoms with Gasteiger partial charge in [-0.1, -0.05) is 13.3 Å². The number of rotatable bonds is 5. The molecular weight excluding hydrogens is 298 g/mol. The number of unbranched alkanes of at least 4 members (excludes halogenated alkanes) is 1. The number of ether oxygens (including phenoxy) is 1. The van der Waals surface area contributed by atoms with Gasteiger partial charge in [0.05, 0.1) is 12.3 Å². The van der Waals surface area contributed by atoms with E-state index in [0.717, 1.165) is 42.7 Å². The number of hydroxylamine groups is 2. The van der Waals surface area contributed by atoms with Crippen molar-refractivity contribution in [1.82, 2.24) is 5.06 Å². The van der Waals surface area contributed by atoms with E-state index in [4.69, 9.17) is 15.0 Å². The maximum absolute atomic E-state index is 10.9. The molecule has 3 N–H and O–H groups in total. The van der Waals surface area contributed by atoms with E-state index in [1.165, 1.54) is 0 Å². The summed E-state index contributed by atoms with van der Waals surface area (Å²) in [5.41, 5.74) is 7.24. The van der Waals surface area contributed by atoms with Gasteiger partial charge in [0, 0.05) is 5.57 Å². The molecule has 0 bridgehead atoms. The molecule has 2 aliphatic rings. The van der Waals surface area contributed by atoms with Crippen LogP contribution in [0, 0.1) is 0 Å². The third-order valence-electron chi connectivity index (χ3n) is 3.36. The summed E-state index contributed by atoms with van der Waals surface area (Å²) in [6.07, 6.45) is 4.03. The van der Waals surface area contributed by atoms with Crippen LogP contribution >= 0.6 is 0 Å². The van der Waals surface area contributed by atoms with Crippen molar-refractivity contribution in [2.75, 3.05) is 6.61 Å². The molecule has 21 heavy (non-hydrogen) atoms. The van der Waals surface area contributed by atoms with Crippen molar-refractivity contribution in [3.05, 3.63) is 11.3 Å². The van der Waals surface area contributed by atoms with Gasteiger partial charge in [-0.15, -0.1) is 4.28 Å². The minimum absolute atomic E-state index is 0.459. The quantitative estimate of drug-likeness (QED) is 0.580. The van der Waals surface area contributed by atoms with Crippen LogP contribution in [0.3, 0.4) is 0 Å². The summed E-state index contributed by atoms with van der Waals surface area (Å²) in [7, 11) is -4.64. The van der Waals surface area contributed by atoms with E-state index in [0.29, 0.717) is 24.6 Å². The highest BCUT2D eigenvalue weighted by atomic mass is 32.3. The summed E-state index contributed by atoms with van der Waals surface area (Å²) < 4.78 is 41.0. The zero-order chi connectivity index (χ0) is 15.5. The van der Waals surface area contributed by atoms with Crippen LogP contribution in [0.25, 0.3) is 0 Å². The van der Waals surface area contributed by atoms with E-state index in [-0.39, 0.29) is 0 Å². The summed E-state index contributed by atoms with van der Waals surface area (Å²) in [4.78, 5) is 4.14. The molecule has 1 atom stereocenters. The first kappa shape index (κ1) is 16.2. The second kappa shape index (κ2) is 6.73. The fourth-order valence-corrected chi connectivity index (χ4v) is 2.78. The molecule has 120 valence electrons. The van der Waals surface area contributed by atoms with Gasteiger partial charge in [0.1, 0.15) is 0 Å². The minimum atomic E-state index is -4.64. The van der Waals surface area contributed by atoms with Crippen LogP contribution in [-0.4, -0.2) is 36.8 Å². The van der Waals surface area contributed by atoms with E-state index in [9.17, 15) is 8.42 Å². The molecule has 0 saturated heterocycles. The zero-order valence-electron chi connectivity index (χ0n) is 12.0. The van der Waals surface area contributed by atoms with E-state index >= 15 is 0 Å². The van der Waals surface area contributed by atoms with Gasteiger partial charge in [0.15, 0.2) is 0 Å².